The van der Waals surface area contributed by atoms with Crippen LogP contribution in [-0.4, -0.2) is 16.5 Å². The minimum absolute atomic E-state index is 0.483. The summed E-state index contributed by atoms with van der Waals surface area (Å²) in [5, 5.41) is 3.76. The molecule has 4 heteroatoms. The molecule has 0 saturated heterocycles. The number of rotatable bonds is 4. The molecule has 0 aromatic carbocycles. The zero-order valence-electron chi connectivity index (χ0n) is 9.89. The molecule has 0 atom stereocenters. The average Bonchev–Trinajstić information content (AvgIpc) is 2.17. The zero-order valence-corrected chi connectivity index (χ0v) is 10.6. The molecule has 1 saturated carbocycles. The van der Waals surface area contributed by atoms with Crippen molar-refractivity contribution >= 4 is 17.4 Å². The predicted octanol–water partition coefficient (Wildman–Crippen LogP) is 3.35. The molecule has 0 amide bonds. The molecule has 1 aliphatic rings. The van der Waals surface area contributed by atoms with Crippen LogP contribution in [-0.2, 0) is 0 Å². The fraction of sp³-hybridized carbons (Fsp3) is 0.667. The van der Waals surface area contributed by atoms with Crippen molar-refractivity contribution in [2.75, 3.05) is 11.9 Å². The van der Waals surface area contributed by atoms with Gasteiger partial charge in [0.15, 0.2) is 11.0 Å². The molecule has 16 heavy (non-hydrogen) atoms. The van der Waals surface area contributed by atoms with Crippen LogP contribution >= 0.6 is 11.6 Å². The Morgan fingerprint density at radius 3 is 2.56 bits per heavy atom. The van der Waals surface area contributed by atoms with Crippen molar-refractivity contribution in [1.29, 1.82) is 0 Å². The fourth-order valence-electron chi connectivity index (χ4n) is 1.86. The molecule has 0 radical (unpaired) electrons. The Morgan fingerprint density at radius 1 is 1.25 bits per heavy atom. The Hall–Kier alpha value is -0.830. The van der Waals surface area contributed by atoms with Gasteiger partial charge in [0.25, 0.3) is 0 Å². The Balaban J connectivity index is 1.90. The van der Waals surface area contributed by atoms with E-state index in [1.165, 1.54) is 25.7 Å². The van der Waals surface area contributed by atoms with Crippen LogP contribution in [0.15, 0.2) is 0 Å². The van der Waals surface area contributed by atoms with Crippen LogP contribution in [0.5, 0.6) is 0 Å². The van der Waals surface area contributed by atoms with Crippen LogP contribution in [0, 0.1) is 19.8 Å². The molecule has 3 nitrogen and oxygen atoms in total. The van der Waals surface area contributed by atoms with Gasteiger partial charge in [-0.1, -0.05) is 30.9 Å². The fourth-order valence-corrected chi connectivity index (χ4v) is 2.10. The van der Waals surface area contributed by atoms with Gasteiger partial charge in [-0.25, -0.2) is 9.97 Å². The summed E-state index contributed by atoms with van der Waals surface area (Å²) < 4.78 is 0. The molecule has 1 fully saturated rings. The van der Waals surface area contributed by atoms with E-state index in [9.17, 15) is 0 Å². The quantitative estimate of drug-likeness (QED) is 0.876. The minimum Gasteiger partial charge on any atom is -0.367 e. The number of anilines is 1. The van der Waals surface area contributed by atoms with Crippen LogP contribution in [0.2, 0.25) is 5.15 Å². The van der Waals surface area contributed by atoms with Crippen LogP contribution < -0.4 is 5.32 Å². The van der Waals surface area contributed by atoms with Gasteiger partial charge >= 0.3 is 0 Å². The highest BCUT2D eigenvalue weighted by Gasteiger charge is 2.16. The van der Waals surface area contributed by atoms with E-state index in [-0.39, 0.29) is 0 Å². The Bertz CT molecular complexity index is 375. The number of hydrogen-bond acceptors (Lipinski definition) is 3. The van der Waals surface area contributed by atoms with E-state index in [1.54, 1.807) is 0 Å². The first-order valence-electron chi connectivity index (χ1n) is 5.91. The third-order valence-corrected chi connectivity index (χ3v) is 3.60. The van der Waals surface area contributed by atoms with Gasteiger partial charge in [0.2, 0.25) is 0 Å². The lowest BCUT2D eigenvalue weighted by Crippen LogP contribution is -2.16. The van der Waals surface area contributed by atoms with Gasteiger partial charge in [0, 0.05) is 6.54 Å². The molecule has 1 aromatic rings. The second-order valence-corrected chi connectivity index (χ2v) is 4.90. The van der Waals surface area contributed by atoms with Gasteiger partial charge in [-0.2, -0.15) is 0 Å². The number of nitrogens with zero attached hydrogens (tertiary/aromatic N) is 2. The van der Waals surface area contributed by atoms with Gasteiger partial charge in [0.1, 0.15) is 0 Å². The summed E-state index contributed by atoms with van der Waals surface area (Å²) >= 11 is 6.03. The van der Waals surface area contributed by atoms with E-state index < -0.39 is 0 Å². The molecular weight excluding hydrogens is 222 g/mol. The van der Waals surface area contributed by atoms with Crippen LogP contribution in [0.4, 0.5) is 5.82 Å². The highest BCUT2D eigenvalue weighted by atomic mass is 35.5. The number of hydrogen-bond donors (Lipinski definition) is 1. The lowest BCUT2D eigenvalue weighted by atomic mass is 9.83. The molecule has 1 N–H and O–H groups in total. The highest BCUT2D eigenvalue weighted by molar-refractivity contribution is 6.31. The summed E-state index contributed by atoms with van der Waals surface area (Å²) in [7, 11) is 0. The molecule has 88 valence electrons. The molecular formula is C12H18ClN3. The second kappa shape index (κ2) is 5.00. The summed E-state index contributed by atoms with van der Waals surface area (Å²) in [6, 6.07) is 0. The van der Waals surface area contributed by atoms with E-state index in [4.69, 9.17) is 11.6 Å². The lowest BCUT2D eigenvalue weighted by molar-refractivity contribution is 0.303. The maximum absolute atomic E-state index is 6.03. The number of aryl methyl sites for hydroxylation is 2. The van der Waals surface area contributed by atoms with Crippen molar-refractivity contribution in [2.45, 2.75) is 39.5 Å². The lowest BCUT2D eigenvalue weighted by Gasteiger charge is -2.25. The van der Waals surface area contributed by atoms with Crippen molar-refractivity contribution < 1.29 is 0 Å². The molecule has 1 aromatic heterocycles. The monoisotopic (exact) mass is 239 g/mol. The standard InChI is InChI=1S/C12H18ClN3/c1-8-9(2)16-12(11(13)15-8)14-7-6-10-4-3-5-10/h10H,3-7H2,1-2H3,(H,14,16). The second-order valence-electron chi connectivity index (χ2n) is 4.55. The zero-order chi connectivity index (χ0) is 11.5. The van der Waals surface area contributed by atoms with Crippen LogP contribution in [0.1, 0.15) is 37.1 Å². The summed E-state index contributed by atoms with van der Waals surface area (Å²) in [6.45, 7) is 4.82. The largest absolute Gasteiger partial charge is 0.367 e. The van der Waals surface area contributed by atoms with Crippen molar-refractivity contribution in [2.24, 2.45) is 5.92 Å². The first-order chi connectivity index (χ1) is 7.66. The summed E-state index contributed by atoms with van der Waals surface area (Å²) in [5.41, 5.74) is 1.84. The van der Waals surface area contributed by atoms with E-state index in [0.29, 0.717) is 5.15 Å². The molecule has 1 aliphatic carbocycles. The van der Waals surface area contributed by atoms with Crippen LogP contribution in [0.3, 0.4) is 0 Å². The van der Waals surface area contributed by atoms with Gasteiger partial charge in [-0.05, 0) is 26.2 Å². The summed E-state index contributed by atoms with van der Waals surface area (Å²) in [5.74, 6) is 1.63. The molecule has 0 bridgehead atoms. The van der Waals surface area contributed by atoms with E-state index in [2.05, 4.69) is 15.3 Å². The van der Waals surface area contributed by atoms with Crippen LogP contribution in [0.25, 0.3) is 0 Å². The van der Waals surface area contributed by atoms with E-state index in [0.717, 1.165) is 29.7 Å². The highest BCUT2D eigenvalue weighted by Crippen LogP contribution is 2.29. The van der Waals surface area contributed by atoms with Crippen molar-refractivity contribution in [3.8, 4) is 0 Å². The molecule has 2 rings (SSSR count). The van der Waals surface area contributed by atoms with E-state index in [1.807, 2.05) is 13.8 Å². The Morgan fingerprint density at radius 2 is 1.94 bits per heavy atom. The maximum Gasteiger partial charge on any atom is 0.171 e. The SMILES string of the molecule is Cc1nc(Cl)c(NCCC2CCC2)nc1C. The third kappa shape index (κ3) is 2.64. The average molecular weight is 240 g/mol. The van der Waals surface area contributed by atoms with Gasteiger partial charge in [0.05, 0.1) is 11.4 Å². The molecule has 1 heterocycles. The number of aromatic nitrogens is 2. The molecule has 0 spiro atoms. The van der Waals surface area contributed by atoms with Crippen molar-refractivity contribution in [3.63, 3.8) is 0 Å². The van der Waals surface area contributed by atoms with Gasteiger partial charge in [-0.15, -0.1) is 0 Å². The summed E-state index contributed by atoms with van der Waals surface area (Å²) in [4.78, 5) is 8.65. The first-order valence-corrected chi connectivity index (χ1v) is 6.29. The number of halogens is 1. The number of nitrogens with one attached hydrogen (secondary N) is 1. The van der Waals surface area contributed by atoms with Crippen molar-refractivity contribution in [1.82, 2.24) is 9.97 Å². The Labute approximate surface area is 102 Å². The Kier molecular flexibility index (Phi) is 3.64. The van der Waals surface area contributed by atoms with E-state index >= 15 is 0 Å². The van der Waals surface area contributed by atoms with Crippen molar-refractivity contribution in [3.05, 3.63) is 16.5 Å². The normalized spacial score (nSPS) is 15.9. The minimum atomic E-state index is 0.483. The molecule has 0 aliphatic heterocycles. The van der Waals surface area contributed by atoms with Gasteiger partial charge < -0.3 is 5.32 Å². The van der Waals surface area contributed by atoms with Gasteiger partial charge in [-0.3, -0.25) is 0 Å². The smallest absolute Gasteiger partial charge is 0.171 e. The first kappa shape index (κ1) is 11.6. The maximum atomic E-state index is 6.03. The summed E-state index contributed by atoms with van der Waals surface area (Å²) in [6.07, 6.45) is 5.38. The topological polar surface area (TPSA) is 37.8 Å². The third-order valence-electron chi connectivity index (χ3n) is 3.33. The molecule has 0 unspecified atom stereocenters. The predicted molar refractivity (Wildman–Crippen MR) is 67.0 cm³/mol.